The highest BCUT2D eigenvalue weighted by molar-refractivity contribution is 6.05. The van der Waals surface area contributed by atoms with E-state index in [0.717, 1.165) is 17.7 Å². The molecule has 1 fully saturated rings. The minimum Gasteiger partial charge on any atom is -0.366 e. The largest absolute Gasteiger partial charge is 0.366 e. The lowest BCUT2D eigenvalue weighted by molar-refractivity contribution is 0.0628. The first-order chi connectivity index (χ1) is 16.8. The van der Waals surface area contributed by atoms with Gasteiger partial charge in [-0.1, -0.05) is 30.3 Å². The fourth-order valence-electron chi connectivity index (χ4n) is 4.05. The Hall–Kier alpha value is -4.04. The first-order valence-corrected chi connectivity index (χ1v) is 11.4. The Morgan fingerprint density at radius 3 is 2.23 bits per heavy atom. The van der Waals surface area contributed by atoms with Crippen molar-refractivity contribution in [2.45, 2.75) is 13.5 Å². The number of rotatable bonds is 6. The van der Waals surface area contributed by atoms with Crippen molar-refractivity contribution in [3.63, 3.8) is 0 Å². The maximum absolute atomic E-state index is 14.0. The van der Waals surface area contributed by atoms with Crippen LogP contribution in [0.25, 0.3) is 0 Å². The molecule has 1 aliphatic heterocycles. The van der Waals surface area contributed by atoms with Gasteiger partial charge in [-0.3, -0.25) is 19.3 Å². The van der Waals surface area contributed by atoms with Crippen LogP contribution in [-0.2, 0) is 6.54 Å². The smallest absolute Gasteiger partial charge is 0.258 e. The number of nitrogens with zero attached hydrogens (tertiary/aromatic N) is 2. The summed E-state index contributed by atoms with van der Waals surface area (Å²) in [7, 11) is 0. The van der Waals surface area contributed by atoms with Gasteiger partial charge in [-0.2, -0.15) is 0 Å². The van der Waals surface area contributed by atoms with Gasteiger partial charge in [0.05, 0.1) is 5.56 Å². The summed E-state index contributed by atoms with van der Waals surface area (Å²) in [5.74, 6) is -1.73. The summed E-state index contributed by atoms with van der Waals surface area (Å²) in [6.45, 7) is 5.11. The van der Waals surface area contributed by atoms with Gasteiger partial charge in [-0.15, -0.1) is 0 Å². The van der Waals surface area contributed by atoms with E-state index in [1.807, 2.05) is 19.1 Å². The van der Waals surface area contributed by atoms with E-state index in [2.05, 4.69) is 10.2 Å². The number of hydrogen-bond donors (Lipinski definition) is 2. The first-order valence-electron chi connectivity index (χ1n) is 11.4. The van der Waals surface area contributed by atoms with Crippen LogP contribution < -0.4 is 11.1 Å². The van der Waals surface area contributed by atoms with Crippen molar-refractivity contribution >= 4 is 23.4 Å². The van der Waals surface area contributed by atoms with Gasteiger partial charge in [0.1, 0.15) is 5.82 Å². The zero-order chi connectivity index (χ0) is 24.9. The van der Waals surface area contributed by atoms with Gasteiger partial charge in [0.2, 0.25) is 5.91 Å². The second kappa shape index (κ2) is 10.5. The van der Waals surface area contributed by atoms with E-state index in [1.165, 1.54) is 18.2 Å². The van der Waals surface area contributed by atoms with Gasteiger partial charge in [0.15, 0.2) is 0 Å². The number of carbonyl (C=O) groups excluding carboxylic acids is 3. The van der Waals surface area contributed by atoms with Crippen molar-refractivity contribution in [3.8, 4) is 0 Å². The Kier molecular flexibility index (Phi) is 7.22. The highest BCUT2D eigenvalue weighted by Crippen LogP contribution is 2.21. The molecule has 1 heterocycles. The number of amides is 3. The molecule has 35 heavy (non-hydrogen) atoms. The summed E-state index contributed by atoms with van der Waals surface area (Å²) < 4.78 is 14.0. The average Bonchev–Trinajstić information content (AvgIpc) is 2.86. The van der Waals surface area contributed by atoms with Crippen molar-refractivity contribution in [1.29, 1.82) is 0 Å². The summed E-state index contributed by atoms with van der Waals surface area (Å²) in [5, 5.41) is 2.72. The van der Waals surface area contributed by atoms with Gasteiger partial charge in [0.25, 0.3) is 11.8 Å². The summed E-state index contributed by atoms with van der Waals surface area (Å²) in [6.07, 6.45) is 0. The molecular weight excluding hydrogens is 447 g/mol. The molecule has 180 valence electrons. The minimum absolute atomic E-state index is 0.0518. The molecule has 8 heteroatoms. The summed E-state index contributed by atoms with van der Waals surface area (Å²) in [4.78, 5) is 40.9. The van der Waals surface area contributed by atoms with E-state index in [0.29, 0.717) is 43.0 Å². The lowest BCUT2D eigenvalue weighted by Crippen LogP contribution is -2.48. The quantitative estimate of drug-likeness (QED) is 0.572. The zero-order valence-electron chi connectivity index (χ0n) is 19.5. The number of carbonyl (C=O) groups is 3. The van der Waals surface area contributed by atoms with Crippen LogP contribution >= 0.6 is 0 Å². The fourth-order valence-corrected chi connectivity index (χ4v) is 4.05. The molecule has 0 radical (unpaired) electrons. The van der Waals surface area contributed by atoms with E-state index in [9.17, 15) is 18.8 Å². The van der Waals surface area contributed by atoms with Crippen LogP contribution in [0.4, 0.5) is 10.1 Å². The molecule has 3 amide bonds. The maximum Gasteiger partial charge on any atom is 0.258 e. The molecule has 3 aromatic rings. The predicted molar refractivity (Wildman–Crippen MR) is 132 cm³/mol. The first kappa shape index (κ1) is 24.1. The topological polar surface area (TPSA) is 95.7 Å². The SMILES string of the molecule is Cc1ccc(C(=O)N2CCN(Cc3ccc(C(N)=O)cc3)CC2)cc1NC(=O)c1ccccc1F. The average molecular weight is 475 g/mol. The monoisotopic (exact) mass is 474 g/mol. The number of piperazine rings is 1. The zero-order valence-corrected chi connectivity index (χ0v) is 19.5. The molecule has 0 aliphatic carbocycles. The second-order valence-corrected chi connectivity index (χ2v) is 8.59. The van der Waals surface area contributed by atoms with Gasteiger partial charge < -0.3 is 16.0 Å². The van der Waals surface area contributed by atoms with Crippen molar-refractivity contribution in [1.82, 2.24) is 9.80 Å². The minimum atomic E-state index is -0.600. The van der Waals surface area contributed by atoms with Gasteiger partial charge in [-0.25, -0.2) is 4.39 Å². The number of benzene rings is 3. The normalized spacial score (nSPS) is 13.9. The Balaban J connectivity index is 1.37. The molecule has 1 aliphatic rings. The maximum atomic E-state index is 14.0. The number of nitrogens with two attached hydrogens (primary N) is 1. The van der Waals surface area contributed by atoms with Gasteiger partial charge >= 0.3 is 0 Å². The number of halogens is 1. The van der Waals surface area contributed by atoms with E-state index >= 15 is 0 Å². The highest BCUT2D eigenvalue weighted by Gasteiger charge is 2.23. The van der Waals surface area contributed by atoms with Crippen LogP contribution in [0.15, 0.2) is 66.7 Å². The fraction of sp³-hybridized carbons (Fsp3) is 0.222. The Labute approximate surface area is 203 Å². The second-order valence-electron chi connectivity index (χ2n) is 8.59. The molecule has 0 aromatic heterocycles. The Morgan fingerprint density at radius 2 is 1.57 bits per heavy atom. The van der Waals surface area contributed by atoms with Crippen molar-refractivity contribution in [3.05, 3.63) is 100 Å². The number of primary amides is 1. The lowest BCUT2D eigenvalue weighted by atomic mass is 10.1. The molecule has 0 spiro atoms. The van der Waals surface area contributed by atoms with Crippen LogP contribution in [0.5, 0.6) is 0 Å². The highest BCUT2D eigenvalue weighted by atomic mass is 19.1. The third-order valence-corrected chi connectivity index (χ3v) is 6.16. The molecular formula is C27H27FN4O3. The van der Waals surface area contributed by atoms with E-state index < -0.39 is 17.6 Å². The molecule has 4 rings (SSSR count). The molecule has 1 saturated heterocycles. The number of anilines is 1. The number of aryl methyl sites for hydroxylation is 1. The van der Waals surface area contributed by atoms with Crippen molar-refractivity contribution < 1.29 is 18.8 Å². The van der Waals surface area contributed by atoms with E-state index in [4.69, 9.17) is 5.73 Å². The third-order valence-electron chi connectivity index (χ3n) is 6.16. The molecule has 3 aromatic carbocycles. The van der Waals surface area contributed by atoms with E-state index in [-0.39, 0.29) is 11.5 Å². The number of nitrogens with one attached hydrogen (secondary N) is 1. The van der Waals surface area contributed by atoms with Crippen LogP contribution in [0.2, 0.25) is 0 Å². The van der Waals surface area contributed by atoms with Gasteiger partial charge in [-0.05, 0) is 54.4 Å². The van der Waals surface area contributed by atoms with Crippen LogP contribution in [0, 0.1) is 12.7 Å². The molecule has 0 bridgehead atoms. The summed E-state index contributed by atoms with van der Waals surface area (Å²) in [6, 6.07) is 18.1. The van der Waals surface area contributed by atoms with Gasteiger partial charge in [0, 0.05) is 49.5 Å². The van der Waals surface area contributed by atoms with Crippen LogP contribution in [0.3, 0.4) is 0 Å². The molecule has 3 N–H and O–H groups in total. The summed E-state index contributed by atoms with van der Waals surface area (Å²) in [5.41, 5.74) is 8.51. The van der Waals surface area contributed by atoms with E-state index in [1.54, 1.807) is 41.3 Å². The van der Waals surface area contributed by atoms with Crippen molar-refractivity contribution in [2.75, 3.05) is 31.5 Å². The van der Waals surface area contributed by atoms with Crippen molar-refractivity contribution in [2.24, 2.45) is 5.73 Å². The molecule has 0 atom stereocenters. The summed E-state index contributed by atoms with van der Waals surface area (Å²) >= 11 is 0. The Morgan fingerprint density at radius 1 is 0.914 bits per heavy atom. The van der Waals surface area contributed by atoms with Crippen LogP contribution in [0.1, 0.15) is 42.2 Å². The number of hydrogen-bond acceptors (Lipinski definition) is 4. The van der Waals surface area contributed by atoms with Crippen LogP contribution in [-0.4, -0.2) is 53.7 Å². The molecule has 7 nitrogen and oxygen atoms in total. The predicted octanol–water partition coefficient (Wildman–Crippen LogP) is 3.44. The third kappa shape index (κ3) is 5.73. The lowest BCUT2D eigenvalue weighted by Gasteiger charge is -2.35. The Bertz CT molecular complexity index is 1250. The molecule has 0 saturated carbocycles. The molecule has 0 unspecified atom stereocenters. The standard InChI is InChI=1S/C27H27FN4O3/c1-18-6-9-21(16-24(18)30-26(34)22-4-2-3-5-23(22)28)27(35)32-14-12-31(13-15-32)17-19-7-10-20(11-8-19)25(29)33/h2-11,16H,12-15,17H2,1H3,(H2,29,33)(H,30,34).